The Kier molecular flexibility index (Phi) is 17.4. The maximum Gasteiger partial charge on any atom is 2.00 e. The van der Waals surface area contributed by atoms with Crippen LogP contribution in [-0.2, 0) is 17.1 Å². The van der Waals surface area contributed by atoms with E-state index in [4.69, 9.17) is 30.6 Å². The Morgan fingerprint density at radius 2 is 0.778 bits per heavy atom. The molecule has 0 bridgehead atoms. The second-order valence-corrected chi connectivity index (χ2v) is 0.447. The summed E-state index contributed by atoms with van der Waals surface area (Å²) >= 11 is 0. The zero-order chi connectivity index (χ0) is 7.15. The van der Waals surface area contributed by atoms with Gasteiger partial charge in [0.2, 0.25) is 0 Å². The summed E-state index contributed by atoms with van der Waals surface area (Å²) < 4.78 is 0. The van der Waals surface area contributed by atoms with Crippen LogP contribution in [0, 0.1) is 30.6 Å². The van der Waals surface area contributed by atoms with Crippen molar-refractivity contribution in [1.29, 1.82) is 0 Å². The van der Waals surface area contributed by atoms with Gasteiger partial charge in [0, 0.05) is 0 Å². The van der Waals surface area contributed by atoms with Gasteiger partial charge in [0.05, 0.1) is 10.2 Å². The van der Waals surface area contributed by atoms with Gasteiger partial charge >= 0.3 is 17.1 Å². The molecule has 0 amide bonds. The predicted molar refractivity (Wildman–Crippen MR) is 20.7 cm³/mol. The minimum Gasteiger partial charge on any atom is -0.356 e. The second-order valence-electron chi connectivity index (χ2n) is 0.447. The normalized spacial score (nSPS) is 5.33. The third-order valence-corrected chi connectivity index (χ3v) is 0. The summed E-state index contributed by atoms with van der Waals surface area (Å²) in [5, 5.41) is 29.5. The van der Waals surface area contributed by atoms with Crippen molar-refractivity contribution in [3.8, 4) is 0 Å². The largest absolute Gasteiger partial charge is 2.00 e. The van der Waals surface area contributed by atoms with Gasteiger partial charge in [-0.1, -0.05) is 0 Å². The van der Waals surface area contributed by atoms with E-state index >= 15 is 0 Å². The van der Waals surface area contributed by atoms with E-state index in [1.54, 1.807) is 0 Å². The molecule has 0 saturated carbocycles. The zero-order valence-electron chi connectivity index (χ0n) is 3.65. The maximum absolute atomic E-state index is 8.25. The topological polar surface area (TPSA) is 132 Å². The molecule has 0 atom stereocenters. The van der Waals surface area contributed by atoms with Crippen LogP contribution in [0.4, 0.5) is 0 Å². The third-order valence-electron chi connectivity index (χ3n) is 0. The Morgan fingerprint density at radius 3 is 0.778 bits per heavy atom. The number of nitrogens with zero attached hydrogens (tertiary/aromatic N) is 2. The van der Waals surface area contributed by atoms with E-state index in [0.29, 0.717) is 0 Å². The number of rotatable bonds is 0. The zero-order valence-corrected chi connectivity index (χ0v) is 4.59. The first kappa shape index (κ1) is 15.7. The molecule has 0 aromatic rings. The quantitative estimate of drug-likeness (QED) is 0.286. The first-order valence-electron chi connectivity index (χ1n) is 1.10. The molecule has 0 aromatic heterocycles. The third kappa shape index (κ3) is 143. The van der Waals surface area contributed by atoms with Gasteiger partial charge in [-0.2, -0.15) is 0 Å². The van der Waals surface area contributed by atoms with Crippen molar-refractivity contribution < 1.29 is 27.2 Å². The molecule has 0 rings (SSSR count). The van der Waals surface area contributed by atoms with E-state index in [1.807, 2.05) is 0 Å². The van der Waals surface area contributed by atoms with Crippen LogP contribution in [0.2, 0.25) is 0 Å². The molecule has 0 aliphatic rings. The van der Waals surface area contributed by atoms with Gasteiger partial charge in [0.1, 0.15) is 0 Å². The van der Waals surface area contributed by atoms with E-state index in [9.17, 15) is 0 Å². The summed E-state index contributed by atoms with van der Waals surface area (Å²) in [7, 11) is 0. The Hall–Kier alpha value is -1.08. The van der Waals surface area contributed by atoms with Gasteiger partial charge in [-0.15, -0.1) is 0 Å². The van der Waals surface area contributed by atoms with E-state index in [0.717, 1.165) is 0 Å². The first-order valence-corrected chi connectivity index (χ1v) is 1.10. The van der Waals surface area contributed by atoms with Crippen molar-refractivity contribution in [2.24, 2.45) is 0 Å². The number of hydrogen-bond donors (Lipinski definition) is 0. The molecule has 0 fully saturated rings. The maximum atomic E-state index is 8.25. The van der Waals surface area contributed by atoms with E-state index in [2.05, 4.69) is 0 Å². The fourth-order valence-corrected chi connectivity index (χ4v) is 0. The van der Waals surface area contributed by atoms with Crippen LogP contribution >= 0.6 is 0 Å². The molecule has 0 aromatic carbocycles. The number of hydrogen-bond acceptors (Lipinski definition) is 6. The van der Waals surface area contributed by atoms with Gasteiger partial charge in [0.15, 0.2) is 0 Å². The van der Waals surface area contributed by atoms with Crippen molar-refractivity contribution in [1.82, 2.24) is 0 Å². The molecule has 0 heterocycles. The average Bonchev–Trinajstić information content (AvgIpc) is 1.25. The summed E-state index contributed by atoms with van der Waals surface area (Å²) in [6.07, 6.45) is 0. The van der Waals surface area contributed by atoms with Crippen molar-refractivity contribution in [2.45, 2.75) is 0 Å². The molecule has 9 heteroatoms. The predicted octanol–water partition coefficient (Wildman–Crippen LogP) is -0.481. The van der Waals surface area contributed by atoms with Crippen LogP contribution in [0.1, 0.15) is 0 Å². The molecule has 0 N–H and O–H groups in total. The van der Waals surface area contributed by atoms with Crippen LogP contribution in [0.5, 0.6) is 0 Å². The van der Waals surface area contributed by atoms with Crippen LogP contribution in [0.15, 0.2) is 0 Å². The van der Waals surface area contributed by atoms with E-state index in [1.165, 1.54) is 0 Å². The summed E-state index contributed by atoms with van der Waals surface area (Å²) in [5.74, 6) is 0. The molecule has 1 radical (unpaired) electrons. The monoisotopic (exact) mass is 188 g/mol. The Bertz CT molecular complexity index is 69.1. The summed E-state index contributed by atoms with van der Waals surface area (Å²) in [6, 6.07) is 0. The van der Waals surface area contributed by atoms with Gasteiger partial charge in [-0.05, 0) is 0 Å². The minimum atomic E-state index is -1.75. The van der Waals surface area contributed by atoms with Gasteiger partial charge in [0.25, 0.3) is 0 Å². The fraction of sp³-hybridized carbons (Fsp3) is 0. The molecule has 9 heavy (non-hydrogen) atoms. The Morgan fingerprint density at radius 1 is 0.778 bits per heavy atom. The van der Waals surface area contributed by atoms with Crippen LogP contribution in [0.25, 0.3) is 0 Å². The van der Waals surface area contributed by atoms with Gasteiger partial charge < -0.3 is 30.6 Å². The van der Waals surface area contributed by atoms with E-state index < -0.39 is 10.2 Å². The molecule has 0 spiro atoms. The molecular formula is CuN2O6. The van der Waals surface area contributed by atoms with Gasteiger partial charge in [-0.3, -0.25) is 0 Å². The van der Waals surface area contributed by atoms with Crippen molar-refractivity contribution >= 4 is 0 Å². The summed E-state index contributed by atoms with van der Waals surface area (Å²) in [5.41, 5.74) is 0. The molecule has 0 saturated heterocycles. The second kappa shape index (κ2) is 10.0. The van der Waals surface area contributed by atoms with Crippen molar-refractivity contribution in [2.75, 3.05) is 0 Å². The Labute approximate surface area is 58.8 Å². The Balaban J connectivity index is -0.0000000720. The average molecular weight is 188 g/mol. The molecule has 8 nitrogen and oxygen atoms in total. The molecular weight excluding hydrogens is 188 g/mol. The summed E-state index contributed by atoms with van der Waals surface area (Å²) in [6.45, 7) is 0. The smallest absolute Gasteiger partial charge is 0.356 e. The van der Waals surface area contributed by atoms with E-state index in [-0.39, 0.29) is 17.1 Å². The van der Waals surface area contributed by atoms with Crippen molar-refractivity contribution in [3.63, 3.8) is 0 Å². The van der Waals surface area contributed by atoms with Crippen LogP contribution in [-0.4, -0.2) is 10.2 Å². The first-order chi connectivity index (χ1) is 3.46. The molecule has 0 aliphatic heterocycles. The molecule has 0 aliphatic carbocycles. The molecule has 57 valence electrons. The van der Waals surface area contributed by atoms with Crippen molar-refractivity contribution in [3.05, 3.63) is 30.6 Å². The fourth-order valence-electron chi connectivity index (χ4n) is 0. The minimum absolute atomic E-state index is 0. The van der Waals surface area contributed by atoms with Crippen LogP contribution < -0.4 is 0 Å². The van der Waals surface area contributed by atoms with Gasteiger partial charge in [-0.25, -0.2) is 0 Å². The van der Waals surface area contributed by atoms with Crippen LogP contribution in [0.3, 0.4) is 0 Å². The standard InChI is InChI=1S/Cu.2NO3/c;2*2-1(3)4/q+2;2*-1/i1+0;;. The molecule has 0 unspecified atom stereocenters. The summed E-state index contributed by atoms with van der Waals surface area (Å²) in [4.78, 5) is 16.5. The SMILES string of the molecule is O=[N+]([O-])[O-].O=[N+]([O-])[O-].[64Cu+2].